The number of fused-ring (bicyclic) bond motifs is 1. The molecule has 0 spiro atoms. The van der Waals surface area contributed by atoms with Gasteiger partial charge >= 0.3 is 0 Å². The van der Waals surface area contributed by atoms with Gasteiger partial charge in [-0.25, -0.2) is 0 Å². The van der Waals surface area contributed by atoms with E-state index in [0.29, 0.717) is 23.7 Å². The number of rotatable bonds is 6. The van der Waals surface area contributed by atoms with Crippen molar-refractivity contribution in [1.82, 2.24) is 0 Å². The summed E-state index contributed by atoms with van der Waals surface area (Å²) in [7, 11) is 1.65. The molecule has 2 aromatic carbocycles. The van der Waals surface area contributed by atoms with E-state index in [4.69, 9.17) is 10.5 Å². The molecule has 1 saturated carbocycles. The van der Waals surface area contributed by atoms with Gasteiger partial charge in [-0.3, -0.25) is 9.59 Å². The lowest BCUT2D eigenvalue weighted by molar-refractivity contribution is -0.118. The average Bonchev–Trinajstić information content (AvgIpc) is 2.76. The number of benzene rings is 2. The Labute approximate surface area is 177 Å². The molecule has 2 aliphatic rings. The zero-order valence-corrected chi connectivity index (χ0v) is 17.4. The molecule has 1 atom stereocenters. The van der Waals surface area contributed by atoms with Crippen molar-refractivity contribution in [2.24, 2.45) is 11.7 Å². The van der Waals surface area contributed by atoms with E-state index < -0.39 is 5.91 Å². The molecule has 30 heavy (non-hydrogen) atoms. The van der Waals surface area contributed by atoms with Crippen LogP contribution < -0.4 is 20.7 Å². The highest BCUT2D eigenvalue weighted by molar-refractivity contribution is 6.05. The maximum Gasteiger partial charge on any atom is 0.248 e. The van der Waals surface area contributed by atoms with Crippen LogP contribution in [0.1, 0.15) is 54.4 Å². The third-order valence-corrected chi connectivity index (χ3v) is 6.30. The Bertz CT molecular complexity index is 937. The molecule has 1 fully saturated rings. The van der Waals surface area contributed by atoms with Crippen molar-refractivity contribution in [3.8, 4) is 5.75 Å². The summed E-state index contributed by atoms with van der Waals surface area (Å²) in [5, 5.41) is 3.02. The lowest BCUT2D eigenvalue weighted by atomic mass is 9.83. The van der Waals surface area contributed by atoms with Crippen LogP contribution in [0.4, 0.5) is 11.4 Å². The van der Waals surface area contributed by atoms with Crippen molar-refractivity contribution in [3.63, 3.8) is 0 Å². The number of hydrogen-bond acceptors (Lipinski definition) is 4. The van der Waals surface area contributed by atoms with E-state index in [9.17, 15) is 9.59 Å². The highest BCUT2D eigenvalue weighted by atomic mass is 16.5. The summed E-state index contributed by atoms with van der Waals surface area (Å²) < 4.78 is 5.38. The van der Waals surface area contributed by atoms with E-state index in [1.165, 1.54) is 32.1 Å². The van der Waals surface area contributed by atoms with Crippen molar-refractivity contribution in [2.75, 3.05) is 17.3 Å². The molecule has 6 nitrogen and oxygen atoms in total. The summed E-state index contributed by atoms with van der Waals surface area (Å²) in [5.74, 6) is 0.837. The van der Waals surface area contributed by atoms with Gasteiger partial charge in [0.05, 0.1) is 18.5 Å². The normalized spacial score (nSPS) is 19.2. The molecule has 2 aromatic rings. The first-order valence-electron chi connectivity index (χ1n) is 10.7. The van der Waals surface area contributed by atoms with Gasteiger partial charge in [0.2, 0.25) is 11.8 Å². The number of amides is 2. The second-order valence-electron chi connectivity index (χ2n) is 8.32. The van der Waals surface area contributed by atoms with Gasteiger partial charge < -0.3 is 20.7 Å². The average molecular weight is 408 g/mol. The first-order valence-corrected chi connectivity index (χ1v) is 10.7. The monoisotopic (exact) mass is 407 g/mol. The highest BCUT2D eigenvalue weighted by Gasteiger charge is 2.35. The Morgan fingerprint density at radius 1 is 1.17 bits per heavy atom. The molecular formula is C24H29N3O3. The van der Waals surface area contributed by atoms with Crippen LogP contribution in [0.15, 0.2) is 42.5 Å². The molecule has 0 saturated heterocycles. The molecule has 4 rings (SSSR count). The number of nitrogens with zero attached hydrogens (tertiary/aromatic N) is 1. The molecule has 3 N–H and O–H groups in total. The van der Waals surface area contributed by atoms with Crippen LogP contribution in [0.5, 0.6) is 5.75 Å². The van der Waals surface area contributed by atoms with Crippen molar-refractivity contribution in [1.29, 1.82) is 0 Å². The van der Waals surface area contributed by atoms with Gasteiger partial charge in [-0.15, -0.1) is 0 Å². The van der Waals surface area contributed by atoms with E-state index in [2.05, 4.69) is 10.2 Å². The van der Waals surface area contributed by atoms with E-state index in [1.54, 1.807) is 19.2 Å². The van der Waals surface area contributed by atoms with Crippen LogP contribution in [0.3, 0.4) is 0 Å². The number of methoxy groups -OCH3 is 1. The lowest BCUT2D eigenvalue weighted by Crippen LogP contribution is -2.48. The highest BCUT2D eigenvalue weighted by Crippen LogP contribution is 2.38. The minimum Gasteiger partial charge on any atom is -0.497 e. The van der Waals surface area contributed by atoms with E-state index >= 15 is 0 Å². The van der Waals surface area contributed by atoms with Gasteiger partial charge in [0, 0.05) is 12.1 Å². The summed E-state index contributed by atoms with van der Waals surface area (Å²) in [6, 6.07) is 13.0. The van der Waals surface area contributed by atoms with Crippen LogP contribution in [-0.4, -0.2) is 25.0 Å². The van der Waals surface area contributed by atoms with E-state index in [0.717, 1.165) is 23.4 Å². The van der Waals surface area contributed by atoms with Gasteiger partial charge in [0.25, 0.3) is 0 Å². The number of primary amides is 1. The predicted molar refractivity (Wildman–Crippen MR) is 118 cm³/mol. The number of carbonyl (C=O) groups is 2. The fourth-order valence-corrected chi connectivity index (χ4v) is 4.70. The molecule has 0 radical (unpaired) electrons. The number of nitrogens with one attached hydrogen (secondary N) is 1. The fourth-order valence-electron chi connectivity index (χ4n) is 4.70. The van der Waals surface area contributed by atoms with Crippen molar-refractivity contribution >= 4 is 23.2 Å². The Balaban J connectivity index is 1.68. The van der Waals surface area contributed by atoms with Crippen molar-refractivity contribution in [2.45, 2.75) is 51.1 Å². The Morgan fingerprint density at radius 2 is 1.97 bits per heavy atom. The Kier molecular flexibility index (Phi) is 5.93. The van der Waals surface area contributed by atoms with E-state index in [-0.39, 0.29) is 11.9 Å². The first kappa shape index (κ1) is 20.3. The molecule has 0 aromatic heterocycles. The van der Waals surface area contributed by atoms with Crippen LogP contribution in [0.2, 0.25) is 0 Å². The maximum absolute atomic E-state index is 13.1. The third kappa shape index (κ3) is 4.27. The molecule has 1 unspecified atom stereocenters. The summed E-state index contributed by atoms with van der Waals surface area (Å²) in [6.45, 7) is 0.588. The predicted octanol–water partition coefficient (Wildman–Crippen LogP) is 4.09. The third-order valence-electron chi connectivity index (χ3n) is 6.30. The number of carbonyl (C=O) groups excluding carboxylic acids is 2. The minimum atomic E-state index is -0.504. The number of hydrogen-bond donors (Lipinski definition) is 2. The van der Waals surface area contributed by atoms with Crippen LogP contribution in [0, 0.1) is 5.92 Å². The van der Waals surface area contributed by atoms with Gasteiger partial charge in [0.15, 0.2) is 0 Å². The lowest BCUT2D eigenvalue weighted by Gasteiger charge is -2.40. The molecule has 1 aliphatic carbocycles. The summed E-state index contributed by atoms with van der Waals surface area (Å²) in [6.07, 6.45) is 6.99. The zero-order valence-electron chi connectivity index (χ0n) is 17.4. The van der Waals surface area contributed by atoms with E-state index in [1.807, 2.05) is 30.3 Å². The maximum atomic E-state index is 13.1. The number of anilines is 2. The molecule has 6 heteroatoms. The summed E-state index contributed by atoms with van der Waals surface area (Å²) >= 11 is 0. The molecular weight excluding hydrogens is 378 g/mol. The fraction of sp³-hybridized carbons (Fsp3) is 0.417. The molecule has 1 heterocycles. The molecule has 0 bridgehead atoms. The summed E-state index contributed by atoms with van der Waals surface area (Å²) in [4.78, 5) is 26.9. The summed E-state index contributed by atoms with van der Waals surface area (Å²) in [5.41, 5.74) is 8.46. The van der Waals surface area contributed by atoms with Crippen LogP contribution in [-0.2, 0) is 11.3 Å². The second kappa shape index (κ2) is 8.78. The minimum absolute atomic E-state index is 0.0161. The second-order valence-corrected chi connectivity index (χ2v) is 8.32. The number of nitrogens with two attached hydrogens (primary N) is 1. The van der Waals surface area contributed by atoms with Crippen molar-refractivity contribution in [3.05, 3.63) is 53.6 Å². The Morgan fingerprint density at radius 3 is 2.70 bits per heavy atom. The topological polar surface area (TPSA) is 84.7 Å². The zero-order chi connectivity index (χ0) is 21.1. The quantitative estimate of drug-likeness (QED) is 0.755. The molecule has 1 aliphatic heterocycles. The standard InChI is InChI=1S/C24H29N3O3/c1-30-19-9-5-8-17(12-19)15-27-21-11-10-18(23(25)28)14-20(21)26-24(29)22(27)13-16-6-3-2-4-7-16/h5,8-12,14,16,22H,2-4,6-7,13,15H2,1H3,(H2,25,28)(H,26,29). The number of ether oxygens (including phenoxy) is 1. The van der Waals surface area contributed by atoms with Gasteiger partial charge in [-0.1, -0.05) is 44.2 Å². The van der Waals surface area contributed by atoms with Gasteiger partial charge in [-0.2, -0.15) is 0 Å². The largest absolute Gasteiger partial charge is 0.497 e. The molecule has 2 amide bonds. The van der Waals surface area contributed by atoms with Gasteiger partial charge in [0.1, 0.15) is 11.8 Å². The van der Waals surface area contributed by atoms with Crippen molar-refractivity contribution < 1.29 is 14.3 Å². The van der Waals surface area contributed by atoms with Crippen LogP contribution >= 0.6 is 0 Å². The molecule has 158 valence electrons. The van der Waals surface area contributed by atoms with Gasteiger partial charge in [-0.05, 0) is 48.2 Å². The van der Waals surface area contributed by atoms with Crippen LogP contribution in [0.25, 0.3) is 0 Å². The first-order chi connectivity index (χ1) is 14.5. The smallest absolute Gasteiger partial charge is 0.248 e. The Hall–Kier alpha value is -3.02. The SMILES string of the molecule is COc1cccc(CN2c3ccc(C(N)=O)cc3NC(=O)C2CC2CCCCC2)c1.